The molecule has 1 saturated carbocycles. The molecule has 18 heavy (non-hydrogen) atoms. The van der Waals surface area contributed by atoms with Crippen LogP contribution in [0.1, 0.15) is 19.3 Å². The fourth-order valence-electron chi connectivity index (χ4n) is 1.94. The SMILES string of the molecule is Nc1cnc(NC(=O)C2CCC(F)(F)C2)c(Br)c1. The van der Waals surface area contributed by atoms with Gasteiger partial charge in [-0.1, -0.05) is 0 Å². The number of nitrogens with two attached hydrogens (primary N) is 1. The topological polar surface area (TPSA) is 68.0 Å². The summed E-state index contributed by atoms with van der Waals surface area (Å²) in [5.41, 5.74) is 5.96. The van der Waals surface area contributed by atoms with Gasteiger partial charge >= 0.3 is 0 Å². The first-order chi connectivity index (χ1) is 8.37. The van der Waals surface area contributed by atoms with Gasteiger partial charge in [-0.05, 0) is 28.4 Å². The number of halogens is 3. The molecule has 1 aromatic heterocycles. The minimum Gasteiger partial charge on any atom is -0.397 e. The minimum atomic E-state index is -2.73. The van der Waals surface area contributed by atoms with Crippen LogP contribution < -0.4 is 11.1 Å². The molecule has 1 fully saturated rings. The maximum Gasteiger partial charge on any atom is 0.248 e. The van der Waals surface area contributed by atoms with E-state index in [0.29, 0.717) is 16.0 Å². The van der Waals surface area contributed by atoms with Crippen LogP contribution in [0.3, 0.4) is 0 Å². The number of carbonyl (C=O) groups excluding carboxylic acids is 1. The largest absolute Gasteiger partial charge is 0.397 e. The zero-order valence-electron chi connectivity index (χ0n) is 9.42. The molecule has 4 nitrogen and oxygen atoms in total. The number of carbonyl (C=O) groups is 1. The summed E-state index contributed by atoms with van der Waals surface area (Å²) in [7, 11) is 0. The van der Waals surface area contributed by atoms with Gasteiger partial charge in [0.25, 0.3) is 0 Å². The van der Waals surface area contributed by atoms with Gasteiger partial charge in [-0.15, -0.1) is 0 Å². The lowest BCUT2D eigenvalue weighted by Gasteiger charge is -2.12. The maximum absolute atomic E-state index is 13.0. The van der Waals surface area contributed by atoms with Crippen LogP contribution in [0, 0.1) is 5.92 Å². The highest BCUT2D eigenvalue weighted by molar-refractivity contribution is 9.10. The maximum atomic E-state index is 13.0. The highest BCUT2D eigenvalue weighted by Crippen LogP contribution is 2.39. The number of hydrogen-bond donors (Lipinski definition) is 2. The minimum absolute atomic E-state index is 0.200. The second-order valence-corrected chi connectivity index (χ2v) is 5.24. The van der Waals surface area contributed by atoms with Crippen molar-refractivity contribution in [3.8, 4) is 0 Å². The summed E-state index contributed by atoms with van der Waals surface area (Å²) in [5, 5.41) is 2.53. The number of amides is 1. The van der Waals surface area contributed by atoms with Gasteiger partial charge < -0.3 is 11.1 Å². The molecule has 0 bridgehead atoms. The molecule has 1 aliphatic carbocycles. The van der Waals surface area contributed by atoms with Crippen LogP contribution in [0.4, 0.5) is 20.3 Å². The molecule has 0 aromatic carbocycles. The van der Waals surface area contributed by atoms with E-state index >= 15 is 0 Å². The number of rotatable bonds is 2. The molecule has 1 aromatic rings. The van der Waals surface area contributed by atoms with Gasteiger partial charge in [0.2, 0.25) is 11.8 Å². The monoisotopic (exact) mass is 319 g/mol. The molecule has 1 atom stereocenters. The van der Waals surface area contributed by atoms with Crippen molar-refractivity contribution in [3.63, 3.8) is 0 Å². The van der Waals surface area contributed by atoms with Gasteiger partial charge in [0.05, 0.1) is 16.4 Å². The Kier molecular flexibility index (Phi) is 3.52. The van der Waals surface area contributed by atoms with Gasteiger partial charge in [0.1, 0.15) is 5.82 Å². The van der Waals surface area contributed by atoms with Gasteiger partial charge in [0.15, 0.2) is 0 Å². The Bertz CT molecular complexity index is 481. The summed E-state index contributed by atoms with van der Waals surface area (Å²) in [4.78, 5) is 15.7. The number of nitrogens with one attached hydrogen (secondary N) is 1. The van der Waals surface area contributed by atoms with Crippen LogP contribution in [-0.4, -0.2) is 16.8 Å². The van der Waals surface area contributed by atoms with E-state index in [2.05, 4.69) is 26.2 Å². The summed E-state index contributed by atoms with van der Waals surface area (Å²) in [6, 6.07) is 1.59. The number of aromatic nitrogens is 1. The van der Waals surface area contributed by atoms with Crippen molar-refractivity contribution < 1.29 is 13.6 Å². The van der Waals surface area contributed by atoms with E-state index in [0.717, 1.165) is 0 Å². The van der Waals surface area contributed by atoms with Crippen molar-refractivity contribution in [2.24, 2.45) is 5.92 Å². The molecule has 2 rings (SSSR count). The number of anilines is 2. The van der Waals surface area contributed by atoms with E-state index in [-0.39, 0.29) is 12.8 Å². The first-order valence-corrected chi connectivity index (χ1v) is 6.26. The first-order valence-electron chi connectivity index (χ1n) is 5.47. The number of nitrogens with zero attached hydrogens (tertiary/aromatic N) is 1. The van der Waals surface area contributed by atoms with E-state index < -0.39 is 24.2 Å². The molecule has 1 aliphatic rings. The van der Waals surface area contributed by atoms with Gasteiger partial charge in [-0.25, -0.2) is 13.8 Å². The summed E-state index contributed by atoms with van der Waals surface area (Å²) in [5.74, 6) is -3.52. The molecule has 0 saturated heterocycles. The van der Waals surface area contributed by atoms with Crippen LogP contribution in [0.5, 0.6) is 0 Å². The molecular formula is C11H12BrF2N3O. The Hall–Kier alpha value is -1.24. The molecule has 1 amide bonds. The van der Waals surface area contributed by atoms with Crippen LogP contribution in [-0.2, 0) is 4.79 Å². The van der Waals surface area contributed by atoms with Crippen LogP contribution in [0.25, 0.3) is 0 Å². The van der Waals surface area contributed by atoms with E-state index in [9.17, 15) is 13.6 Å². The highest BCUT2D eigenvalue weighted by atomic mass is 79.9. The van der Waals surface area contributed by atoms with Gasteiger partial charge in [0, 0.05) is 18.8 Å². The number of pyridine rings is 1. The molecule has 3 N–H and O–H groups in total. The molecule has 0 aliphatic heterocycles. The average molecular weight is 320 g/mol. The Balaban J connectivity index is 2.04. The van der Waals surface area contributed by atoms with Gasteiger partial charge in [-0.3, -0.25) is 4.79 Å². The standard InChI is InChI=1S/C11H12BrF2N3O/c12-8-3-7(15)5-16-9(8)17-10(18)6-1-2-11(13,14)4-6/h3,5-6H,1-2,4,15H2,(H,16,17,18). The second-order valence-electron chi connectivity index (χ2n) is 4.38. The Labute approximate surface area is 111 Å². The second kappa shape index (κ2) is 4.79. The molecule has 1 unspecified atom stereocenters. The van der Waals surface area contributed by atoms with Gasteiger partial charge in [-0.2, -0.15) is 0 Å². The quantitative estimate of drug-likeness (QED) is 0.880. The zero-order valence-corrected chi connectivity index (χ0v) is 11.0. The third kappa shape index (κ3) is 2.95. The van der Waals surface area contributed by atoms with Crippen LogP contribution in [0.15, 0.2) is 16.7 Å². The molecule has 98 valence electrons. The van der Waals surface area contributed by atoms with Crippen molar-refractivity contribution >= 4 is 33.3 Å². The summed E-state index contributed by atoms with van der Waals surface area (Å²) >= 11 is 3.20. The summed E-state index contributed by atoms with van der Waals surface area (Å²) in [6.07, 6.45) is 0.960. The van der Waals surface area contributed by atoms with Crippen molar-refractivity contribution in [2.75, 3.05) is 11.1 Å². The normalized spacial score (nSPS) is 21.8. The predicted octanol–water partition coefficient (Wildman–Crippen LogP) is 2.80. The van der Waals surface area contributed by atoms with E-state index in [1.54, 1.807) is 6.07 Å². The first kappa shape index (κ1) is 13.2. The molecule has 7 heteroatoms. The predicted molar refractivity (Wildman–Crippen MR) is 67.3 cm³/mol. The number of hydrogen-bond acceptors (Lipinski definition) is 3. The van der Waals surface area contributed by atoms with E-state index in [1.165, 1.54) is 6.20 Å². The molecular weight excluding hydrogens is 308 g/mol. The lowest BCUT2D eigenvalue weighted by molar-refractivity contribution is -0.120. The Morgan fingerprint density at radius 2 is 2.33 bits per heavy atom. The third-order valence-corrected chi connectivity index (χ3v) is 3.48. The fourth-order valence-corrected chi connectivity index (χ4v) is 2.40. The fraction of sp³-hybridized carbons (Fsp3) is 0.455. The Morgan fingerprint density at radius 3 is 2.89 bits per heavy atom. The summed E-state index contributed by atoms with van der Waals surface area (Å²) < 4.78 is 26.5. The number of nitrogen functional groups attached to an aromatic ring is 1. The smallest absolute Gasteiger partial charge is 0.248 e. The van der Waals surface area contributed by atoms with E-state index in [1.807, 2.05) is 0 Å². The molecule has 0 spiro atoms. The van der Waals surface area contributed by atoms with Crippen molar-refractivity contribution in [2.45, 2.75) is 25.2 Å². The van der Waals surface area contributed by atoms with E-state index in [4.69, 9.17) is 5.73 Å². The third-order valence-electron chi connectivity index (χ3n) is 2.88. The number of alkyl halides is 2. The Morgan fingerprint density at radius 1 is 1.61 bits per heavy atom. The highest BCUT2D eigenvalue weighted by Gasteiger charge is 2.42. The summed E-state index contributed by atoms with van der Waals surface area (Å²) in [6.45, 7) is 0. The lowest BCUT2D eigenvalue weighted by atomic mass is 10.1. The van der Waals surface area contributed by atoms with Crippen molar-refractivity contribution in [1.82, 2.24) is 4.98 Å². The van der Waals surface area contributed by atoms with Crippen LogP contribution >= 0.6 is 15.9 Å². The van der Waals surface area contributed by atoms with Crippen LogP contribution in [0.2, 0.25) is 0 Å². The lowest BCUT2D eigenvalue weighted by Crippen LogP contribution is -2.23. The average Bonchev–Trinajstić information content (AvgIpc) is 2.63. The molecule has 0 radical (unpaired) electrons. The molecule has 1 heterocycles. The van der Waals surface area contributed by atoms with Crippen molar-refractivity contribution in [3.05, 3.63) is 16.7 Å². The zero-order chi connectivity index (χ0) is 13.3. The van der Waals surface area contributed by atoms with Crippen molar-refractivity contribution in [1.29, 1.82) is 0 Å².